The molecular weight excluding hydrogens is 469 g/mol. The molecule has 0 radical (unpaired) electrons. The maximum absolute atomic E-state index is 13.2. The van der Waals surface area contributed by atoms with E-state index in [0.717, 1.165) is 4.47 Å². The number of phenolic OH excluding ortho intramolecular Hbond substituents is 1. The van der Waals surface area contributed by atoms with E-state index in [0.29, 0.717) is 43.5 Å². The fraction of sp³-hybridized carbons (Fsp3) is 0.200. The molecule has 1 saturated heterocycles. The summed E-state index contributed by atoms with van der Waals surface area (Å²) in [6, 6.07) is 10.9. The van der Waals surface area contributed by atoms with Crippen molar-refractivity contribution in [3.8, 4) is 5.75 Å². The quantitative estimate of drug-likeness (QED) is 0.358. The lowest BCUT2D eigenvalue weighted by Crippen LogP contribution is -2.37. The Balaban J connectivity index is 1.58. The third kappa shape index (κ3) is 5.64. The zero-order valence-corrected chi connectivity index (χ0v) is 17.9. The van der Waals surface area contributed by atoms with E-state index in [-0.39, 0.29) is 23.5 Å². The van der Waals surface area contributed by atoms with Gasteiger partial charge in [0.2, 0.25) is 17.8 Å². The van der Waals surface area contributed by atoms with Crippen molar-refractivity contribution < 1.29 is 14.2 Å². The second-order valence-corrected chi connectivity index (χ2v) is 7.50. The zero-order valence-electron chi connectivity index (χ0n) is 16.3. The van der Waals surface area contributed by atoms with Crippen molar-refractivity contribution in [1.29, 1.82) is 0 Å². The topological polar surface area (TPSA) is 108 Å². The number of aromatic hydroxyl groups is 1. The Morgan fingerprint density at radius 1 is 1.06 bits per heavy atom. The highest BCUT2D eigenvalue weighted by Gasteiger charge is 2.16. The summed E-state index contributed by atoms with van der Waals surface area (Å²) >= 11 is 3.36. The Kier molecular flexibility index (Phi) is 6.53. The monoisotopic (exact) mass is 487 g/mol. The molecule has 0 spiro atoms. The van der Waals surface area contributed by atoms with Crippen LogP contribution in [0.15, 0.2) is 52.0 Å². The second kappa shape index (κ2) is 9.67. The van der Waals surface area contributed by atoms with Gasteiger partial charge in [0, 0.05) is 28.8 Å². The highest BCUT2D eigenvalue weighted by Crippen LogP contribution is 2.21. The Morgan fingerprint density at radius 2 is 1.81 bits per heavy atom. The Labute approximate surface area is 186 Å². The third-order valence-corrected chi connectivity index (χ3v) is 4.87. The average Bonchev–Trinajstić information content (AvgIpc) is 2.78. The van der Waals surface area contributed by atoms with Crippen LogP contribution in [-0.4, -0.2) is 52.6 Å². The van der Waals surface area contributed by atoms with Gasteiger partial charge < -0.3 is 20.1 Å². The smallest absolute Gasteiger partial charge is 0.250 e. The lowest BCUT2D eigenvalue weighted by atomic mass is 10.2. The number of benzene rings is 2. The van der Waals surface area contributed by atoms with Crippen molar-refractivity contribution in [2.75, 3.05) is 41.9 Å². The minimum Gasteiger partial charge on any atom is -0.507 e. The number of anilines is 4. The van der Waals surface area contributed by atoms with Gasteiger partial charge in [-0.25, -0.2) is 9.82 Å². The Hall–Kier alpha value is -3.31. The van der Waals surface area contributed by atoms with Gasteiger partial charge in [-0.1, -0.05) is 15.9 Å². The average molecular weight is 488 g/mol. The van der Waals surface area contributed by atoms with Crippen LogP contribution in [0, 0.1) is 5.82 Å². The van der Waals surface area contributed by atoms with Crippen molar-refractivity contribution in [2.24, 2.45) is 5.10 Å². The van der Waals surface area contributed by atoms with Crippen LogP contribution in [-0.2, 0) is 4.74 Å². The van der Waals surface area contributed by atoms with Gasteiger partial charge in [-0.3, -0.25) is 0 Å². The Morgan fingerprint density at radius 3 is 2.58 bits per heavy atom. The molecule has 0 unspecified atom stereocenters. The molecule has 3 N–H and O–H groups in total. The number of aromatic nitrogens is 3. The summed E-state index contributed by atoms with van der Waals surface area (Å²) in [5.41, 5.74) is 3.93. The van der Waals surface area contributed by atoms with Gasteiger partial charge >= 0.3 is 0 Å². The van der Waals surface area contributed by atoms with E-state index in [1.165, 1.54) is 18.3 Å². The summed E-state index contributed by atoms with van der Waals surface area (Å²) in [5, 5.41) is 17.1. The first-order chi connectivity index (χ1) is 15.1. The zero-order chi connectivity index (χ0) is 21.6. The number of rotatable bonds is 6. The first-order valence-corrected chi connectivity index (χ1v) is 10.2. The third-order valence-electron chi connectivity index (χ3n) is 4.38. The largest absolute Gasteiger partial charge is 0.507 e. The van der Waals surface area contributed by atoms with Crippen LogP contribution in [0.4, 0.5) is 27.9 Å². The van der Waals surface area contributed by atoms with Gasteiger partial charge in [-0.2, -0.15) is 20.1 Å². The number of ether oxygens (including phenoxy) is 1. The maximum Gasteiger partial charge on any atom is 0.250 e. The number of halogens is 2. The molecule has 3 aromatic rings. The van der Waals surface area contributed by atoms with Crippen LogP contribution in [0.1, 0.15) is 5.56 Å². The number of hydrazone groups is 1. The van der Waals surface area contributed by atoms with Crippen LogP contribution in [0.25, 0.3) is 0 Å². The lowest BCUT2D eigenvalue weighted by molar-refractivity contribution is 0.122. The fourth-order valence-electron chi connectivity index (χ4n) is 2.83. The maximum atomic E-state index is 13.2. The predicted octanol–water partition coefficient (Wildman–Crippen LogP) is 3.51. The number of hydrogen-bond acceptors (Lipinski definition) is 9. The van der Waals surface area contributed by atoms with E-state index in [4.69, 9.17) is 4.74 Å². The van der Waals surface area contributed by atoms with Crippen molar-refractivity contribution in [2.45, 2.75) is 0 Å². The molecular formula is C20H19BrFN7O2. The SMILES string of the molecule is Oc1ccc(Br)cc1/C=N/Nc1nc(Nc2ccc(F)cc2)nc(N2CCOCC2)n1. The minimum atomic E-state index is -0.331. The summed E-state index contributed by atoms with van der Waals surface area (Å²) in [6.45, 7) is 2.45. The summed E-state index contributed by atoms with van der Waals surface area (Å²) in [5.74, 6) is 0.726. The van der Waals surface area contributed by atoms with Crippen LogP contribution in [0.3, 0.4) is 0 Å². The van der Waals surface area contributed by atoms with Gasteiger partial charge in [-0.15, -0.1) is 0 Å². The number of phenols is 1. The second-order valence-electron chi connectivity index (χ2n) is 6.59. The molecule has 0 amide bonds. The molecule has 0 atom stereocenters. The van der Waals surface area contributed by atoms with Gasteiger partial charge in [0.15, 0.2) is 0 Å². The normalized spacial score (nSPS) is 14.1. The van der Waals surface area contributed by atoms with Crippen LogP contribution in [0.5, 0.6) is 5.75 Å². The standard InChI is InChI=1S/C20H19BrFN7O2/c21-14-1-6-17(30)13(11-14)12-23-28-19-25-18(24-16-4-2-15(22)3-5-16)26-20(27-19)29-7-9-31-10-8-29/h1-6,11-12,30H,7-10H2,(H2,24,25,26,27,28)/b23-12+. The van der Waals surface area contributed by atoms with Gasteiger partial charge in [0.05, 0.1) is 19.4 Å². The summed E-state index contributed by atoms with van der Waals surface area (Å²) in [7, 11) is 0. The van der Waals surface area contributed by atoms with Crippen molar-refractivity contribution >= 4 is 45.7 Å². The minimum absolute atomic E-state index is 0.0945. The molecule has 1 aromatic heterocycles. The van der Waals surface area contributed by atoms with E-state index < -0.39 is 0 Å². The van der Waals surface area contributed by atoms with Gasteiger partial charge in [-0.05, 0) is 42.5 Å². The fourth-order valence-corrected chi connectivity index (χ4v) is 3.20. The Bertz CT molecular complexity index is 1080. The van der Waals surface area contributed by atoms with Crippen LogP contribution >= 0.6 is 15.9 Å². The summed E-state index contributed by atoms with van der Waals surface area (Å²) in [6.07, 6.45) is 1.46. The van der Waals surface area contributed by atoms with Gasteiger partial charge in [0.1, 0.15) is 11.6 Å². The molecule has 4 rings (SSSR count). The molecule has 0 aliphatic carbocycles. The van der Waals surface area contributed by atoms with E-state index in [1.807, 2.05) is 4.90 Å². The van der Waals surface area contributed by atoms with Gasteiger partial charge in [0.25, 0.3) is 0 Å². The number of morpholine rings is 1. The number of hydrogen-bond donors (Lipinski definition) is 3. The van der Waals surface area contributed by atoms with Crippen molar-refractivity contribution in [3.63, 3.8) is 0 Å². The summed E-state index contributed by atoms with van der Waals surface area (Å²) < 4.78 is 19.4. The molecule has 11 heteroatoms. The first-order valence-electron chi connectivity index (χ1n) is 9.46. The molecule has 1 fully saturated rings. The van der Waals surface area contributed by atoms with Crippen LogP contribution in [0.2, 0.25) is 0 Å². The van der Waals surface area contributed by atoms with E-state index in [2.05, 4.69) is 46.7 Å². The number of nitrogens with zero attached hydrogens (tertiary/aromatic N) is 5. The summed E-state index contributed by atoms with van der Waals surface area (Å²) in [4.78, 5) is 15.2. The van der Waals surface area contributed by atoms with Crippen LogP contribution < -0.4 is 15.6 Å². The van der Waals surface area contributed by atoms with Crippen molar-refractivity contribution in [1.82, 2.24) is 15.0 Å². The molecule has 2 heterocycles. The molecule has 2 aromatic carbocycles. The molecule has 1 aliphatic heterocycles. The number of nitrogens with one attached hydrogen (secondary N) is 2. The highest BCUT2D eigenvalue weighted by atomic mass is 79.9. The highest BCUT2D eigenvalue weighted by molar-refractivity contribution is 9.10. The van der Waals surface area contributed by atoms with E-state index in [9.17, 15) is 9.50 Å². The van der Waals surface area contributed by atoms with Crippen molar-refractivity contribution in [3.05, 3.63) is 58.3 Å². The molecule has 0 saturated carbocycles. The lowest BCUT2D eigenvalue weighted by Gasteiger charge is -2.27. The predicted molar refractivity (Wildman–Crippen MR) is 120 cm³/mol. The molecule has 31 heavy (non-hydrogen) atoms. The molecule has 1 aliphatic rings. The first kappa shape index (κ1) is 20.9. The van der Waals surface area contributed by atoms with E-state index >= 15 is 0 Å². The molecule has 160 valence electrons. The van der Waals surface area contributed by atoms with E-state index in [1.54, 1.807) is 30.3 Å². The molecule has 9 nitrogen and oxygen atoms in total. The molecule has 0 bridgehead atoms.